The van der Waals surface area contributed by atoms with E-state index >= 15 is 0 Å². The zero-order valence-electron chi connectivity index (χ0n) is 20.8. The number of ether oxygens (including phenoxy) is 4. The third-order valence-corrected chi connectivity index (χ3v) is 5.85. The third-order valence-electron chi connectivity index (χ3n) is 5.85. The van der Waals surface area contributed by atoms with Crippen molar-refractivity contribution >= 4 is 11.9 Å². The fourth-order valence-corrected chi connectivity index (χ4v) is 3.97. The van der Waals surface area contributed by atoms with Crippen LogP contribution in [-0.2, 0) is 24.7 Å². The lowest BCUT2D eigenvalue weighted by Gasteiger charge is -2.36. The van der Waals surface area contributed by atoms with Gasteiger partial charge in [0.2, 0.25) is 5.91 Å². The van der Waals surface area contributed by atoms with Crippen molar-refractivity contribution in [3.8, 4) is 11.5 Å². The minimum atomic E-state index is -1.22. The molecule has 0 aliphatic rings. The van der Waals surface area contributed by atoms with Gasteiger partial charge >= 0.3 is 5.97 Å². The van der Waals surface area contributed by atoms with Crippen LogP contribution >= 0.6 is 0 Å². The number of carbonyl (C=O) groups is 2. The number of aliphatic hydroxyl groups excluding tert-OH is 1. The average Bonchev–Trinajstić information content (AvgIpc) is 2.92. The molecule has 0 aromatic heterocycles. The van der Waals surface area contributed by atoms with Gasteiger partial charge in [0.25, 0.3) is 0 Å². The maximum Gasteiger partial charge on any atom is 0.331 e. The first-order valence-electron chi connectivity index (χ1n) is 11.4. The van der Waals surface area contributed by atoms with Crippen LogP contribution in [0.4, 0.5) is 0 Å². The van der Waals surface area contributed by atoms with Gasteiger partial charge in [0.1, 0.15) is 23.7 Å². The second-order valence-corrected chi connectivity index (χ2v) is 8.10. The van der Waals surface area contributed by atoms with E-state index in [9.17, 15) is 14.7 Å². The van der Waals surface area contributed by atoms with Crippen molar-refractivity contribution in [2.24, 2.45) is 0 Å². The molecule has 8 nitrogen and oxygen atoms in total. The standard InChI is InChI=1S/C28H31NO7/c1-19(30)26(27(32)35-4)29-25(31)18-36-28(20-8-6-5-7-9-20,21-10-14-23(33-2)15-11-21)22-12-16-24(34-3)17-13-22/h5-17,19,26,30H,18H2,1-4H3,(H,29,31). The summed E-state index contributed by atoms with van der Waals surface area (Å²) in [4.78, 5) is 24.9. The van der Waals surface area contributed by atoms with Gasteiger partial charge in [0.05, 0.1) is 27.4 Å². The fraction of sp³-hybridized carbons (Fsp3) is 0.286. The Labute approximate surface area is 210 Å². The van der Waals surface area contributed by atoms with Crippen molar-refractivity contribution in [3.05, 3.63) is 95.6 Å². The molecule has 190 valence electrons. The average molecular weight is 494 g/mol. The van der Waals surface area contributed by atoms with Crippen LogP contribution in [0, 0.1) is 0 Å². The van der Waals surface area contributed by atoms with E-state index in [-0.39, 0.29) is 0 Å². The highest BCUT2D eigenvalue weighted by atomic mass is 16.5. The van der Waals surface area contributed by atoms with E-state index in [0.717, 1.165) is 16.7 Å². The molecule has 3 aromatic carbocycles. The summed E-state index contributed by atoms with van der Waals surface area (Å²) in [5.74, 6) is 0.00342. The molecular weight excluding hydrogens is 462 g/mol. The molecule has 0 saturated carbocycles. The number of aliphatic hydroxyl groups is 1. The number of hydrogen-bond donors (Lipinski definition) is 2. The molecule has 0 saturated heterocycles. The summed E-state index contributed by atoms with van der Waals surface area (Å²) in [6.45, 7) is 0.985. The summed E-state index contributed by atoms with van der Waals surface area (Å²) in [7, 11) is 4.36. The summed E-state index contributed by atoms with van der Waals surface area (Å²) in [6.07, 6.45) is -1.15. The Balaban J connectivity index is 2.08. The Hall–Kier alpha value is -3.88. The molecule has 2 N–H and O–H groups in total. The number of nitrogens with one attached hydrogen (secondary N) is 1. The Morgan fingerprint density at radius 1 is 0.806 bits per heavy atom. The van der Waals surface area contributed by atoms with Gasteiger partial charge in [-0.3, -0.25) is 4.79 Å². The number of methoxy groups -OCH3 is 3. The van der Waals surface area contributed by atoms with Gasteiger partial charge in [-0.25, -0.2) is 4.79 Å². The van der Waals surface area contributed by atoms with Crippen LogP contribution in [0.3, 0.4) is 0 Å². The Kier molecular flexibility index (Phi) is 9.05. The molecule has 0 fully saturated rings. The van der Waals surface area contributed by atoms with Crippen LogP contribution in [0.15, 0.2) is 78.9 Å². The largest absolute Gasteiger partial charge is 0.497 e. The number of carbonyl (C=O) groups excluding carboxylic acids is 2. The molecule has 3 aromatic rings. The van der Waals surface area contributed by atoms with E-state index in [1.807, 2.05) is 78.9 Å². The quantitative estimate of drug-likeness (QED) is 0.313. The summed E-state index contributed by atoms with van der Waals surface area (Å²) in [5.41, 5.74) is 1.11. The van der Waals surface area contributed by atoms with Gasteiger partial charge in [0, 0.05) is 0 Å². The number of benzene rings is 3. The van der Waals surface area contributed by atoms with Crippen LogP contribution in [0.1, 0.15) is 23.6 Å². The van der Waals surface area contributed by atoms with E-state index in [0.29, 0.717) is 11.5 Å². The van der Waals surface area contributed by atoms with Crippen molar-refractivity contribution in [1.82, 2.24) is 5.32 Å². The Morgan fingerprint density at radius 2 is 1.28 bits per heavy atom. The lowest BCUT2D eigenvalue weighted by molar-refractivity contribution is -0.149. The Bertz CT molecular complexity index is 1080. The van der Waals surface area contributed by atoms with Gasteiger partial charge < -0.3 is 29.4 Å². The fourth-order valence-electron chi connectivity index (χ4n) is 3.97. The van der Waals surface area contributed by atoms with E-state index in [1.165, 1.54) is 14.0 Å². The maximum absolute atomic E-state index is 12.9. The zero-order valence-corrected chi connectivity index (χ0v) is 20.8. The lowest BCUT2D eigenvalue weighted by atomic mass is 9.80. The van der Waals surface area contributed by atoms with Crippen LogP contribution < -0.4 is 14.8 Å². The van der Waals surface area contributed by atoms with Crippen LogP contribution in [0.5, 0.6) is 11.5 Å². The van der Waals surface area contributed by atoms with E-state index < -0.39 is 36.2 Å². The molecule has 0 aliphatic carbocycles. The smallest absolute Gasteiger partial charge is 0.331 e. The molecule has 0 spiro atoms. The molecule has 0 bridgehead atoms. The summed E-state index contributed by atoms with van der Waals surface area (Å²) in [6, 6.07) is 23.1. The van der Waals surface area contributed by atoms with Crippen LogP contribution in [0.25, 0.3) is 0 Å². The monoisotopic (exact) mass is 493 g/mol. The molecule has 36 heavy (non-hydrogen) atoms. The summed E-state index contributed by atoms with van der Waals surface area (Å²) in [5, 5.41) is 12.4. The first-order valence-corrected chi connectivity index (χ1v) is 11.4. The molecule has 8 heteroatoms. The van der Waals surface area contributed by atoms with Gasteiger partial charge in [-0.15, -0.1) is 0 Å². The Morgan fingerprint density at radius 3 is 1.69 bits per heavy atom. The summed E-state index contributed by atoms with van der Waals surface area (Å²) >= 11 is 0. The zero-order chi connectivity index (χ0) is 26.1. The number of amides is 1. The highest BCUT2D eigenvalue weighted by Crippen LogP contribution is 2.41. The number of esters is 1. The predicted octanol–water partition coefficient (Wildman–Crippen LogP) is 3.05. The van der Waals surface area contributed by atoms with Gasteiger partial charge in [-0.05, 0) is 47.9 Å². The van der Waals surface area contributed by atoms with Crippen molar-refractivity contribution in [2.45, 2.75) is 24.7 Å². The van der Waals surface area contributed by atoms with Crippen LogP contribution in [-0.4, -0.2) is 57.1 Å². The maximum atomic E-state index is 12.9. The molecular formula is C28H31NO7. The van der Waals surface area contributed by atoms with Crippen molar-refractivity contribution in [2.75, 3.05) is 27.9 Å². The van der Waals surface area contributed by atoms with Crippen molar-refractivity contribution in [1.29, 1.82) is 0 Å². The first kappa shape index (κ1) is 26.7. The minimum Gasteiger partial charge on any atom is -0.497 e. The molecule has 0 aliphatic heterocycles. The molecule has 2 unspecified atom stereocenters. The van der Waals surface area contributed by atoms with Gasteiger partial charge in [-0.2, -0.15) is 0 Å². The molecule has 3 rings (SSSR count). The predicted molar refractivity (Wildman–Crippen MR) is 134 cm³/mol. The highest BCUT2D eigenvalue weighted by Gasteiger charge is 2.39. The topological polar surface area (TPSA) is 103 Å². The number of hydrogen-bond acceptors (Lipinski definition) is 7. The second-order valence-electron chi connectivity index (χ2n) is 8.10. The minimum absolute atomic E-state index is 0.410. The number of rotatable bonds is 11. The molecule has 1 amide bonds. The summed E-state index contributed by atoms with van der Waals surface area (Å²) < 4.78 is 21.8. The van der Waals surface area contributed by atoms with Crippen LogP contribution in [0.2, 0.25) is 0 Å². The van der Waals surface area contributed by atoms with E-state index in [2.05, 4.69) is 5.32 Å². The SMILES string of the molecule is COC(=O)C(NC(=O)COC(c1ccccc1)(c1ccc(OC)cc1)c1ccc(OC)cc1)C(C)O. The van der Waals surface area contributed by atoms with Crippen molar-refractivity contribution < 1.29 is 33.6 Å². The third kappa shape index (κ3) is 5.84. The van der Waals surface area contributed by atoms with E-state index in [1.54, 1.807) is 14.2 Å². The highest BCUT2D eigenvalue weighted by molar-refractivity contribution is 5.85. The van der Waals surface area contributed by atoms with Gasteiger partial charge in [-0.1, -0.05) is 54.6 Å². The first-order chi connectivity index (χ1) is 17.3. The van der Waals surface area contributed by atoms with Crippen molar-refractivity contribution in [3.63, 3.8) is 0 Å². The van der Waals surface area contributed by atoms with Gasteiger partial charge in [0.15, 0.2) is 6.04 Å². The molecule has 2 atom stereocenters. The normalized spacial score (nSPS) is 12.8. The molecule has 0 heterocycles. The second kappa shape index (κ2) is 12.2. The molecule has 0 radical (unpaired) electrons. The van der Waals surface area contributed by atoms with E-state index in [4.69, 9.17) is 18.9 Å². The lowest BCUT2D eigenvalue weighted by Crippen LogP contribution is -2.50.